The van der Waals surface area contributed by atoms with Gasteiger partial charge in [-0.15, -0.1) is 0 Å². The molecule has 0 fully saturated rings. The van der Waals surface area contributed by atoms with Crippen LogP contribution in [0.15, 0.2) is 42.5 Å². The van der Waals surface area contributed by atoms with Crippen molar-refractivity contribution in [3.8, 4) is 0 Å². The van der Waals surface area contributed by atoms with Gasteiger partial charge in [0, 0.05) is 18.1 Å². The molecule has 1 N–H and O–H groups in total. The van der Waals surface area contributed by atoms with Gasteiger partial charge in [0.25, 0.3) is 0 Å². The minimum atomic E-state index is 0.785. The Morgan fingerprint density at radius 1 is 0.833 bits per heavy atom. The van der Waals surface area contributed by atoms with Crippen LogP contribution in [0, 0.1) is 13.8 Å². The van der Waals surface area contributed by atoms with Crippen molar-refractivity contribution in [2.45, 2.75) is 26.9 Å². The van der Waals surface area contributed by atoms with E-state index in [1.54, 1.807) is 0 Å². The highest BCUT2D eigenvalue weighted by atomic mass is 35.5. The van der Waals surface area contributed by atoms with Crippen LogP contribution in [0.4, 0.5) is 0 Å². The van der Waals surface area contributed by atoms with Gasteiger partial charge in [0.05, 0.1) is 0 Å². The summed E-state index contributed by atoms with van der Waals surface area (Å²) < 4.78 is 0. The molecule has 0 saturated carbocycles. The molecule has 0 heterocycles. The lowest BCUT2D eigenvalue weighted by Crippen LogP contribution is -2.12. The largest absolute Gasteiger partial charge is 0.309 e. The Kier molecular flexibility index (Phi) is 4.40. The lowest BCUT2D eigenvalue weighted by molar-refractivity contribution is 0.692. The first-order valence-corrected chi connectivity index (χ1v) is 6.53. The molecule has 2 heteroatoms. The average molecular weight is 260 g/mol. The quantitative estimate of drug-likeness (QED) is 0.866. The zero-order valence-electron chi connectivity index (χ0n) is 10.8. The molecule has 0 bridgehead atoms. The van der Waals surface area contributed by atoms with Crippen molar-refractivity contribution >= 4 is 11.6 Å². The van der Waals surface area contributed by atoms with E-state index >= 15 is 0 Å². The zero-order valence-corrected chi connectivity index (χ0v) is 11.6. The first kappa shape index (κ1) is 13.1. The highest BCUT2D eigenvalue weighted by molar-refractivity contribution is 6.30. The van der Waals surface area contributed by atoms with Gasteiger partial charge < -0.3 is 5.32 Å². The summed E-state index contributed by atoms with van der Waals surface area (Å²) >= 11 is 5.86. The van der Waals surface area contributed by atoms with E-state index in [1.807, 2.05) is 12.1 Å². The third kappa shape index (κ3) is 3.86. The van der Waals surface area contributed by atoms with Crippen molar-refractivity contribution < 1.29 is 0 Å². The Hall–Kier alpha value is -1.31. The molecule has 18 heavy (non-hydrogen) atoms. The topological polar surface area (TPSA) is 12.0 Å². The van der Waals surface area contributed by atoms with Gasteiger partial charge in [-0.05, 0) is 37.1 Å². The fourth-order valence-electron chi connectivity index (χ4n) is 2.12. The molecule has 0 aliphatic heterocycles. The summed E-state index contributed by atoms with van der Waals surface area (Å²) in [5.41, 5.74) is 5.22. The van der Waals surface area contributed by atoms with Gasteiger partial charge in [-0.1, -0.05) is 53.1 Å². The van der Waals surface area contributed by atoms with E-state index in [9.17, 15) is 0 Å². The second-order valence-electron chi connectivity index (χ2n) is 4.73. The first-order chi connectivity index (χ1) is 8.63. The first-order valence-electron chi connectivity index (χ1n) is 6.16. The van der Waals surface area contributed by atoms with Crippen LogP contribution in [-0.4, -0.2) is 0 Å². The molecule has 2 aromatic carbocycles. The normalized spacial score (nSPS) is 10.6. The molecule has 2 rings (SSSR count). The van der Waals surface area contributed by atoms with Crippen LogP contribution < -0.4 is 5.32 Å². The molecular formula is C16H18ClN. The van der Waals surface area contributed by atoms with E-state index in [0.717, 1.165) is 18.1 Å². The van der Waals surface area contributed by atoms with Gasteiger partial charge in [-0.3, -0.25) is 0 Å². The predicted molar refractivity (Wildman–Crippen MR) is 77.9 cm³/mol. The lowest BCUT2D eigenvalue weighted by atomic mass is 10.1. The zero-order chi connectivity index (χ0) is 13.0. The molecule has 0 radical (unpaired) electrons. The molecule has 0 aliphatic rings. The van der Waals surface area contributed by atoms with Crippen molar-refractivity contribution in [3.05, 3.63) is 69.7 Å². The molecule has 2 aromatic rings. The van der Waals surface area contributed by atoms with Crippen LogP contribution in [0.5, 0.6) is 0 Å². The van der Waals surface area contributed by atoms with Crippen LogP contribution in [0.2, 0.25) is 5.02 Å². The van der Waals surface area contributed by atoms with Crippen LogP contribution in [0.25, 0.3) is 0 Å². The van der Waals surface area contributed by atoms with Crippen LogP contribution in [-0.2, 0) is 13.1 Å². The Labute approximate surface area is 114 Å². The van der Waals surface area contributed by atoms with Crippen LogP contribution >= 0.6 is 11.6 Å². The number of rotatable bonds is 4. The number of benzene rings is 2. The van der Waals surface area contributed by atoms with Gasteiger partial charge in [-0.25, -0.2) is 0 Å². The van der Waals surface area contributed by atoms with Gasteiger partial charge in [0.1, 0.15) is 0 Å². The van der Waals surface area contributed by atoms with Crippen LogP contribution in [0.1, 0.15) is 22.3 Å². The number of aryl methyl sites for hydroxylation is 2. The second kappa shape index (κ2) is 6.03. The maximum absolute atomic E-state index is 5.86. The molecular weight excluding hydrogens is 242 g/mol. The van der Waals surface area contributed by atoms with Crippen molar-refractivity contribution in [2.24, 2.45) is 0 Å². The molecule has 0 atom stereocenters. The van der Waals surface area contributed by atoms with E-state index in [2.05, 4.69) is 49.5 Å². The van der Waals surface area contributed by atoms with E-state index < -0.39 is 0 Å². The standard InChI is InChI=1S/C16H18ClN/c1-12-7-13(2)9-15(8-12)11-18-10-14-3-5-16(17)6-4-14/h3-9,18H,10-11H2,1-2H3. The Balaban J connectivity index is 1.90. The van der Waals surface area contributed by atoms with Crippen molar-refractivity contribution in [3.63, 3.8) is 0 Å². The molecule has 0 aliphatic carbocycles. The maximum atomic E-state index is 5.86. The van der Waals surface area contributed by atoms with E-state index in [0.29, 0.717) is 0 Å². The minimum Gasteiger partial charge on any atom is -0.309 e. The van der Waals surface area contributed by atoms with Gasteiger partial charge >= 0.3 is 0 Å². The smallest absolute Gasteiger partial charge is 0.0406 e. The van der Waals surface area contributed by atoms with Gasteiger partial charge in [-0.2, -0.15) is 0 Å². The molecule has 1 nitrogen and oxygen atoms in total. The summed E-state index contributed by atoms with van der Waals surface area (Å²) in [5.74, 6) is 0. The van der Waals surface area contributed by atoms with Crippen molar-refractivity contribution in [1.29, 1.82) is 0 Å². The molecule has 94 valence electrons. The summed E-state index contributed by atoms with van der Waals surface area (Å²) in [5, 5.41) is 4.23. The van der Waals surface area contributed by atoms with E-state index in [1.165, 1.54) is 22.3 Å². The monoisotopic (exact) mass is 259 g/mol. The number of halogens is 1. The molecule has 0 amide bonds. The highest BCUT2D eigenvalue weighted by Gasteiger charge is 1.97. The molecule has 0 unspecified atom stereocenters. The number of hydrogen-bond donors (Lipinski definition) is 1. The molecule has 0 aromatic heterocycles. The fraction of sp³-hybridized carbons (Fsp3) is 0.250. The highest BCUT2D eigenvalue weighted by Crippen LogP contribution is 2.11. The third-order valence-corrected chi connectivity index (χ3v) is 3.10. The SMILES string of the molecule is Cc1cc(C)cc(CNCc2ccc(Cl)cc2)c1. The molecule has 0 saturated heterocycles. The summed E-state index contributed by atoms with van der Waals surface area (Å²) in [6.07, 6.45) is 0. The minimum absolute atomic E-state index is 0.785. The van der Waals surface area contributed by atoms with Crippen molar-refractivity contribution in [1.82, 2.24) is 5.32 Å². The van der Waals surface area contributed by atoms with Crippen LogP contribution in [0.3, 0.4) is 0 Å². The second-order valence-corrected chi connectivity index (χ2v) is 5.16. The summed E-state index contributed by atoms with van der Waals surface area (Å²) in [4.78, 5) is 0. The summed E-state index contributed by atoms with van der Waals surface area (Å²) in [6.45, 7) is 6.03. The number of hydrogen-bond acceptors (Lipinski definition) is 1. The predicted octanol–water partition coefficient (Wildman–Crippen LogP) is 4.25. The van der Waals surface area contributed by atoms with E-state index in [4.69, 9.17) is 11.6 Å². The van der Waals surface area contributed by atoms with Gasteiger partial charge in [0.15, 0.2) is 0 Å². The Morgan fingerprint density at radius 3 is 2.00 bits per heavy atom. The van der Waals surface area contributed by atoms with Gasteiger partial charge in [0.2, 0.25) is 0 Å². The van der Waals surface area contributed by atoms with Crippen molar-refractivity contribution in [2.75, 3.05) is 0 Å². The summed E-state index contributed by atoms with van der Waals surface area (Å²) in [6, 6.07) is 14.6. The number of nitrogens with one attached hydrogen (secondary N) is 1. The average Bonchev–Trinajstić information content (AvgIpc) is 2.30. The maximum Gasteiger partial charge on any atom is 0.0406 e. The summed E-state index contributed by atoms with van der Waals surface area (Å²) in [7, 11) is 0. The molecule has 0 spiro atoms. The fourth-order valence-corrected chi connectivity index (χ4v) is 2.25. The third-order valence-electron chi connectivity index (χ3n) is 2.85. The Morgan fingerprint density at radius 2 is 1.39 bits per heavy atom. The van der Waals surface area contributed by atoms with E-state index in [-0.39, 0.29) is 0 Å². The Bertz CT molecular complexity index is 497. The lowest BCUT2D eigenvalue weighted by Gasteiger charge is -2.07.